The first kappa shape index (κ1) is 23.5. The highest BCUT2D eigenvalue weighted by atomic mass is 16.6. The number of rotatable bonds is 5. The fourth-order valence-electron chi connectivity index (χ4n) is 3.09. The van der Waals surface area contributed by atoms with E-state index in [4.69, 9.17) is 4.74 Å². The molecule has 0 aromatic heterocycles. The van der Waals surface area contributed by atoms with Gasteiger partial charge in [0.15, 0.2) is 0 Å². The van der Waals surface area contributed by atoms with Crippen molar-refractivity contribution in [1.82, 2.24) is 0 Å². The second kappa shape index (κ2) is 9.99. The van der Waals surface area contributed by atoms with Crippen molar-refractivity contribution in [2.75, 3.05) is 16.0 Å². The summed E-state index contributed by atoms with van der Waals surface area (Å²) >= 11 is 0. The van der Waals surface area contributed by atoms with Crippen molar-refractivity contribution in [3.05, 3.63) is 89.5 Å². The Labute approximate surface area is 193 Å². The maximum absolute atomic E-state index is 12.8. The van der Waals surface area contributed by atoms with Gasteiger partial charge in [0.05, 0.1) is 0 Å². The SMILES string of the molecule is Cc1c(NC(=O)c2cccc(NC(=O)OC(C)(C)C)c2)cccc1C(=O)Nc1ccccc1. The zero-order valence-corrected chi connectivity index (χ0v) is 19.1. The number of carbonyl (C=O) groups excluding carboxylic acids is 3. The van der Waals surface area contributed by atoms with Crippen LogP contribution in [-0.2, 0) is 4.74 Å². The Balaban J connectivity index is 1.72. The van der Waals surface area contributed by atoms with Crippen LogP contribution in [0.25, 0.3) is 0 Å². The van der Waals surface area contributed by atoms with Gasteiger partial charge in [-0.3, -0.25) is 14.9 Å². The average Bonchev–Trinajstić information content (AvgIpc) is 2.74. The average molecular weight is 446 g/mol. The Kier molecular flexibility index (Phi) is 7.13. The van der Waals surface area contributed by atoms with Crippen molar-refractivity contribution in [3.8, 4) is 0 Å². The molecule has 3 rings (SSSR count). The number of benzene rings is 3. The Morgan fingerprint density at radius 3 is 2.09 bits per heavy atom. The van der Waals surface area contributed by atoms with Gasteiger partial charge in [-0.05, 0) is 75.7 Å². The molecule has 0 bridgehead atoms. The maximum atomic E-state index is 12.8. The Hall–Kier alpha value is -4.13. The Bertz CT molecular complexity index is 1170. The highest BCUT2D eigenvalue weighted by Gasteiger charge is 2.17. The Morgan fingerprint density at radius 1 is 0.727 bits per heavy atom. The molecule has 170 valence electrons. The van der Waals surface area contributed by atoms with Gasteiger partial charge in [0.2, 0.25) is 0 Å². The minimum Gasteiger partial charge on any atom is -0.444 e. The van der Waals surface area contributed by atoms with Crippen molar-refractivity contribution in [3.63, 3.8) is 0 Å². The number of hydrogen-bond donors (Lipinski definition) is 3. The van der Waals surface area contributed by atoms with E-state index >= 15 is 0 Å². The molecule has 7 heteroatoms. The molecule has 0 unspecified atom stereocenters. The first-order valence-corrected chi connectivity index (χ1v) is 10.5. The molecule has 7 nitrogen and oxygen atoms in total. The first-order chi connectivity index (χ1) is 15.6. The molecule has 0 aliphatic carbocycles. The predicted octanol–water partition coefficient (Wildman–Crippen LogP) is 5.85. The fourth-order valence-corrected chi connectivity index (χ4v) is 3.09. The van der Waals surface area contributed by atoms with Crippen molar-refractivity contribution in [2.45, 2.75) is 33.3 Å². The van der Waals surface area contributed by atoms with Crippen molar-refractivity contribution in [2.24, 2.45) is 0 Å². The predicted molar refractivity (Wildman–Crippen MR) is 130 cm³/mol. The van der Waals surface area contributed by atoms with Crippen LogP contribution in [0.3, 0.4) is 0 Å². The summed E-state index contributed by atoms with van der Waals surface area (Å²) in [6, 6.07) is 20.8. The van der Waals surface area contributed by atoms with Crippen molar-refractivity contribution >= 4 is 35.0 Å². The summed E-state index contributed by atoms with van der Waals surface area (Å²) in [4.78, 5) is 37.6. The molecule has 33 heavy (non-hydrogen) atoms. The highest BCUT2D eigenvalue weighted by molar-refractivity contribution is 6.09. The van der Waals surface area contributed by atoms with E-state index in [1.807, 2.05) is 18.2 Å². The van der Waals surface area contributed by atoms with Gasteiger partial charge in [0.25, 0.3) is 11.8 Å². The van der Waals surface area contributed by atoms with E-state index in [2.05, 4.69) is 16.0 Å². The van der Waals surface area contributed by atoms with E-state index in [1.54, 1.807) is 82.3 Å². The van der Waals surface area contributed by atoms with Crippen LogP contribution in [0.5, 0.6) is 0 Å². The van der Waals surface area contributed by atoms with Crippen LogP contribution >= 0.6 is 0 Å². The molecular formula is C26H27N3O4. The lowest BCUT2D eigenvalue weighted by molar-refractivity contribution is 0.0635. The molecule has 0 spiro atoms. The maximum Gasteiger partial charge on any atom is 0.412 e. The van der Waals surface area contributed by atoms with Gasteiger partial charge < -0.3 is 15.4 Å². The van der Waals surface area contributed by atoms with Crippen LogP contribution in [0, 0.1) is 6.92 Å². The summed E-state index contributed by atoms with van der Waals surface area (Å²) in [5, 5.41) is 8.31. The van der Waals surface area contributed by atoms with E-state index in [-0.39, 0.29) is 11.8 Å². The lowest BCUT2D eigenvalue weighted by atomic mass is 10.1. The molecule has 0 heterocycles. The quantitative estimate of drug-likeness (QED) is 0.459. The number of nitrogens with one attached hydrogen (secondary N) is 3. The molecule has 0 fully saturated rings. The van der Waals surface area contributed by atoms with Gasteiger partial charge in [0, 0.05) is 28.2 Å². The van der Waals surface area contributed by atoms with E-state index in [0.717, 1.165) is 0 Å². The van der Waals surface area contributed by atoms with Crippen LogP contribution in [-0.4, -0.2) is 23.5 Å². The number of hydrogen-bond acceptors (Lipinski definition) is 4. The standard InChI is InChI=1S/C26H27N3O4/c1-17-21(24(31)27-19-11-6-5-7-12-19)14-9-15-22(17)29-23(30)18-10-8-13-20(16-18)28-25(32)33-26(2,3)4/h5-16H,1-4H3,(H,27,31)(H,28,32)(H,29,30). The van der Waals surface area contributed by atoms with Crippen LogP contribution in [0.4, 0.5) is 21.9 Å². The number of carbonyl (C=O) groups is 3. The summed E-state index contributed by atoms with van der Waals surface area (Å²) in [7, 11) is 0. The smallest absolute Gasteiger partial charge is 0.412 e. The molecule has 0 radical (unpaired) electrons. The Morgan fingerprint density at radius 2 is 1.39 bits per heavy atom. The third-order valence-corrected chi connectivity index (χ3v) is 4.63. The van der Waals surface area contributed by atoms with Gasteiger partial charge in [0.1, 0.15) is 5.60 Å². The zero-order chi connectivity index (χ0) is 24.0. The third kappa shape index (κ3) is 6.67. The van der Waals surface area contributed by atoms with Crippen LogP contribution in [0.1, 0.15) is 47.1 Å². The van der Waals surface area contributed by atoms with E-state index in [0.29, 0.717) is 33.8 Å². The second-order valence-electron chi connectivity index (χ2n) is 8.46. The topological polar surface area (TPSA) is 96.5 Å². The minimum absolute atomic E-state index is 0.265. The van der Waals surface area contributed by atoms with Gasteiger partial charge in [-0.15, -0.1) is 0 Å². The molecule has 0 atom stereocenters. The fraction of sp³-hybridized carbons (Fsp3) is 0.192. The van der Waals surface area contributed by atoms with Crippen LogP contribution in [0.15, 0.2) is 72.8 Å². The molecule has 3 aromatic carbocycles. The third-order valence-electron chi connectivity index (χ3n) is 4.63. The second-order valence-corrected chi connectivity index (χ2v) is 8.46. The van der Waals surface area contributed by atoms with Gasteiger partial charge in [-0.1, -0.05) is 30.3 Å². The summed E-state index contributed by atoms with van der Waals surface area (Å²) < 4.78 is 5.24. The molecular weight excluding hydrogens is 418 g/mol. The van der Waals surface area contributed by atoms with E-state index in [9.17, 15) is 14.4 Å². The van der Waals surface area contributed by atoms with Crippen molar-refractivity contribution < 1.29 is 19.1 Å². The van der Waals surface area contributed by atoms with Gasteiger partial charge in [-0.2, -0.15) is 0 Å². The van der Waals surface area contributed by atoms with Gasteiger partial charge >= 0.3 is 6.09 Å². The first-order valence-electron chi connectivity index (χ1n) is 10.5. The zero-order valence-electron chi connectivity index (χ0n) is 19.1. The molecule has 0 saturated carbocycles. The highest BCUT2D eigenvalue weighted by Crippen LogP contribution is 2.22. The van der Waals surface area contributed by atoms with E-state index < -0.39 is 11.7 Å². The number of amides is 3. The summed E-state index contributed by atoms with van der Waals surface area (Å²) in [6.07, 6.45) is -0.604. The lowest BCUT2D eigenvalue weighted by Gasteiger charge is -2.19. The van der Waals surface area contributed by atoms with Crippen molar-refractivity contribution in [1.29, 1.82) is 0 Å². The van der Waals surface area contributed by atoms with E-state index in [1.165, 1.54) is 0 Å². The monoisotopic (exact) mass is 445 g/mol. The lowest BCUT2D eigenvalue weighted by Crippen LogP contribution is -2.27. The molecule has 3 aromatic rings. The summed E-state index contributed by atoms with van der Waals surface area (Å²) in [5.74, 6) is -0.634. The number of ether oxygens (including phenoxy) is 1. The van der Waals surface area contributed by atoms with Crippen LogP contribution < -0.4 is 16.0 Å². The number of anilines is 3. The normalized spacial score (nSPS) is 10.8. The molecule has 0 aliphatic rings. The molecule has 0 saturated heterocycles. The molecule has 3 N–H and O–H groups in total. The van der Waals surface area contributed by atoms with Crippen LogP contribution in [0.2, 0.25) is 0 Å². The largest absolute Gasteiger partial charge is 0.444 e. The molecule has 0 aliphatic heterocycles. The molecule has 3 amide bonds. The van der Waals surface area contributed by atoms with Gasteiger partial charge in [-0.25, -0.2) is 4.79 Å². The summed E-state index contributed by atoms with van der Waals surface area (Å²) in [6.45, 7) is 7.09. The summed E-state index contributed by atoms with van der Waals surface area (Å²) in [5.41, 5.74) is 2.46. The minimum atomic E-state index is -0.631. The number of para-hydroxylation sites is 1.